The molecule has 0 aliphatic heterocycles. The van der Waals surface area contributed by atoms with Gasteiger partial charge in [-0.25, -0.2) is 0 Å². The molecule has 4 heteroatoms. The van der Waals surface area contributed by atoms with Gasteiger partial charge < -0.3 is 4.98 Å². The Labute approximate surface area is 127 Å². The molecule has 0 unspecified atom stereocenters. The van der Waals surface area contributed by atoms with Crippen LogP contribution in [0.3, 0.4) is 0 Å². The summed E-state index contributed by atoms with van der Waals surface area (Å²) in [7, 11) is 0. The first kappa shape index (κ1) is 13.8. The molecule has 1 N–H and O–H groups in total. The van der Waals surface area contributed by atoms with Gasteiger partial charge in [0.1, 0.15) is 0 Å². The van der Waals surface area contributed by atoms with E-state index in [9.17, 15) is 4.79 Å². The Kier molecular flexibility index (Phi) is 3.26. The van der Waals surface area contributed by atoms with E-state index in [1.165, 1.54) is 0 Å². The molecule has 0 saturated heterocycles. The molecule has 0 saturated carbocycles. The van der Waals surface area contributed by atoms with Crippen LogP contribution in [0.2, 0.25) is 0 Å². The van der Waals surface area contributed by atoms with Crippen LogP contribution in [0.4, 0.5) is 0 Å². The third-order valence-electron chi connectivity index (χ3n) is 3.52. The molecular formula is C17H16N2OS. The van der Waals surface area contributed by atoms with Crippen LogP contribution in [-0.4, -0.2) is 9.55 Å². The second-order valence-electron chi connectivity index (χ2n) is 5.47. The van der Waals surface area contributed by atoms with E-state index < -0.39 is 0 Å². The standard InChI is InChI=1S/C17H16N2OS/c1-10-4-5-15-14(9-10)16(20)19(17(21)18-15)13-7-11(2)6-12(3)8-13/h4-9H,1-3H3,(H,18,21). The van der Waals surface area contributed by atoms with Crippen molar-refractivity contribution < 1.29 is 0 Å². The number of nitrogens with one attached hydrogen (secondary N) is 1. The van der Waals surface area contributed by atoms with Crippen LogP contribution in [-0.2, 0) is 0 Å². The minimum atomic E-state index is -0.0811. The maximum atomic E-state index is 12.8. The summed E-state index contributed by atoms with van der Waals surface area (Å²) in [6.07, 6.45) is 0. The Balaban J connectivity index is 2.42. The molecule has 0 aliphatic rings. The summed E-state index contributed by atoms with van der Waals surface area (Å²) in [5, 5.41) is 0.655. The molecule has 3 nitrogen and oxygen atoms in total. The smallest absolute Gasteiger partial charge is 0.266 e. The summed E-state index contributed by atoms with van der Waals surface area (Å²) < 4.78 is 1.98. The Morgan fingerprint density at radius 2 is 1.62 bits per heavy atom. The fourth-order valence-electron chi connectivity index (χ4n) is 2.64. The molecule has 0 fully saturated rings. The minimum Gasteiger partial charge on any atom is -0.331 e. The van der Waals surface area contributed by atoms with Crippen molar-refractivity contribution in [2.24, 2.45) is 0 Å². The van der Waals surface area contributed by atoms with Gasteiger partial charge in [-0.15, -0.1) is 0 Å². The lowest BCUT2D eigenvalue weighted by molar-refractivity contribution is 0.936. The van der Waals surface area contributed by atoms with Gasteiger partial charge >= 0.3 is 0 Å². The number of rotatable bonds is 1. The molecule has 0 aliphatic carbocycles. The lowest BCUT2D eigenvalue weighted by Gasteiger charge is -2.10. The van der Waals surface area contributed by atoms with Gasteiger partial charge in [0.25, 0.3) is 5.56 Å². The summed E-state index contributed by atoms with van der Waals surface area (Å²) in [6.45, 7) is 6.00. The van der Waals surface area contributed by atoms with Crippen molar-refractivity contribution in [2.45, 2.75) is 20.8 Å². The number of hydrogen-bond acceptors (Lipinski definition) is 2. The van der Waals surface area contributed by atoms with Crippen LogP contribution in [0.25, 0.3) is 16.6 Å². The molecule has 0 amide bonds. The zero-order valence-electron chi connectivity index (χ0n) is 12.2. The van der Waals surface area contributed by atoms with Gasteiger partial charge in [-0.2, -0.15) is 0 Å². The molecule has 0 radical (unpaired) electrons. The maximum Gasteiger partial charge on any atom is 0.266 e. The molecule has 1 aromatic heterocycles. The van der Waals surface area contributed by atoms with Gasteiger partial charge in [-0.05, 0) is 68.4 Å². The SMILES string of the molecule is Cc1cc(C)cc(-n2c(=S)[nH]c3ccc(C)cc3c2=O)c1. The molecule has 0 atom stereocenters. The summed E-state index contributed by atoms with van der Waals surface area (Å²) in [6, 6.07) is 11.8. The van der Waals surface area contributed by atoms with Crippen LogP contribution in [0, 0.1) is 25.5 Å². The van der Waals surface area contributed by atoms with Gasteiger partial charge in [0.15, 0.2) is 4.77 Å². The Bertz CT molecular complexity index is 946. The number of aromatic nitrogens is 2. The number of hydrogen-bond donors (Lipinski definition) is 1. The largest absolute Gasteiger partial charge is 0.331 e. The second kappa shape index (κ2) is 4.97. The number of nitrogens with zero attached hydrogens (tertiary/aromatic N) is 1. The Hall–Kier alpha value is -2.20. The van der Waals surface area contributed by atoms with Gasteiger partial charge in [0.05, 0.1) is 16.6 Å². The fraction of sp³-hybridized carbons (Fsp3) is 0.176. The zero-order chi connectivity index (χ0) is 15.1. The Morgan fingerprint density at radius 3 is 2.29 bits per heavy atom. The topological polar surface area (TPSA) is 37.8 Å². The highest BCUT2D eigenvalue weighted by atomic mass is 32.1. The maximum absolute atomic E-state index is 12.8. The number of aryl methyl sites for hydroxylation is 3. The van der Waals surface area contributed by atoms with E-state index >= 15 is 0 Å². The monoisotopic (exact) mass is 296 g/mol. The van der Waals surface area contributed by atoms with Gasteiger partial charge in [0, 0.05) is 0 Å². The molecule has 2 aromatic carbocycles. The van der Waals surface area contributed by atoms with Crippen molar-refractivity contribution in [3.8, 4) is 5.69 Å². The first-order chi connectivity index (χ1) is 9.95. The highest BCUT2D eigenvalue weighted by molar-refractivity contribution is 7.71. The van der Waals surface area contributed by atoms with Crippen molar-refractivity contribution in [1.82, 2.24) is 9.55 Å². The third kappa shape index (κ3) is 2.43. The van der Waals surface area contributed by atoms with Crippen molar-refractivity contribution in [2.75, 3.05) is 0 Å². The van der Waals surface area contributed by atoms with E-state index in [-0.39, 0.29) is 5.56 Å². The molecule has 0 bridgehead atoms. The predicted molar refractivity (Wildman–Crippen MR) is 88.9 cm³/mol. The van der Waals surface area contributed by atoms with Gasteiger partial charge in [-0.3, -0.25) is 9.36 Å². The van der Waals surface area contributed by atoms with Crippen LogP contribution < -0.4 is 5.56 Å². The third-order valence-corrected chi connectivity index (χ3v) is 3.80. The second-order valence-corrected chi connectivity index (χ2v) is 5.85. The number of fused-ring (bicyclic) bond motifs is 1. The summed E-state index contributed by atoms with van der Waals surface area (Å²) in [5.74, 6) is 0. The molecule has 3 aromatic rings. The quantitative estimate of drug-likeness (QED) is 0.690. The molecular weight excluding hydrogens is 280 g/mol. The van der Waals surface area contributed by atoms with E-state index in [2.05, 4.69) is 11.1 Å². The number of H-pyrrole nitrogens is 1. The van der Waals surface area contributed by atoms with Crippen molar-refractivity contribution in [1.29, 1.82) is 0 Å². The number of aromatic amines is 1. The van der Waals surface area contributed by atoms with E-state index in [0.29, 0.717) is 10.2 Å². The average molecular weight is 296 g/mol. The van der Waals surface area contributed by atoms with Crippen LogP contribution in [0.1, 0.15) is 16.7 Å². The lowest BCUT2D eigenvalue weighted by atomic mass is 10.1. The molecule has 106 valence electrons. The van der Waals surface area contributed by atoms with Gasteiger partial charge in [0.2, 0.25) is 0 Å². The Morgan fingerprint density at radius 1 is 0.952 bits per heavy atom. The molecule has 1 heterocycles. The van der Waals surface area contributed by atoms with E-state index in [1.807, 2.05) is 51.1 Å². The predicted octanol–water partition coefficient (Wildman–Crippen LogP) is 3.97. The van der Waals surface area contributed by atoms with Crippen molar-refractivity contribution in [3.05, 3.63) is 68.2 Å². The van der Waals surface area contributed by atoms with Crippen LogP contribution >= 0.6 is 12.2 Å². The van der Waals surface area contributed by atoms with Crippen molar-refractivity contribution >= 4 is 23.1 Å². The van der Waals surface area contributed by atoms with Crippen LogP contribution in [0.5, 0.6) is 0 Å². The van der Waals surface area contributed by atoms with E-state index in [1.54, 1.807) is 4.57 Å². The summed E-state index contributed by atoms with van der Waals surface area (Å²) >= 11 is 5.38. The lowest BCUT2D eigenvalue weighted by Crippen LogP contribution is -2.20. The molecule has 3 rings (SSSR count). The summed E-state index contributed by atoms with van der Waals surface area (Å²) in [5.41, 5.74) is 4.77. The zero-order valence-corrected chi connectivity index (χ0v) is 13.0. The molecule has 21 heavy (non-hydrogen) atoms. The van der Waals surface area contributed by atoms with E-state index in [4.69, 9.17) is 12.2 Å². The van der Waals surface area contributed by atoms with Crippen LogP contribution in [0.15, 0.2) is 41.2 Å². The normalized spacial score (nSPS) is 11.0. The van der Waals surface area contributed by atoms with Crippen molar-refractivity contribution in [3.63, 3.8) is 0 Å². The highest BCUT2D eigenvalue weighted by Gasteiger charge is 2.08. The minimum absolute atomic E-state index is 0.0811. The number of benzene rings is 2. The molecule has 0 spiro atoms. The van der Waals surface area contributed by atoms with E-state index in [0.717, 1.165) is 27.9 Å². The summed E-state index contributed by atoms with van der Waals surface area (Å²) in [4.78, 5) is 15.9. The first-order valence-electron chi connectivity index (χ1n) is 6.80. The fourth-order valence-corrected chi connectivity index (χ4v) is 2.94. The van der Waals surface area contributed by atoms with Gasteiger partial charge in [-0.1, -0.05) is 17.7 Å². The highest BCUT2D eigenvalue weighted by Crippen LogP contribution is 2.15. The average Bonchev–Trinajstić information content (AvgIpc) is 2.39. The first-order valence-corrected chi connectivity index (χ1v) is 7.21.